The van der Waals surface area contributed by atoms with Gasteiger partial charge in [0, 0.05) is 18.8 Å². The van der Waals surface area contributed by atoms with Gasteiger partial charge in [-0.1, -0.05) is 18.6 Å². The van der Waals surface area contributed by atoms with Crippen molar-refractivity contribution >= 4 is 27.4 Å². The van der Waals surface area contributed by atoms with Crippen molar-refractivity contribution in [2.75, 3.05) is 42.3 Å². The van der Waals surface area contributed by atoms with Crippen LogP contribution in [0.15, 0.2) is 41.3 Å². The summed E-state index contributed by atoms with van der Waals surface area (Å²) in [4.78, 5) is 17.0. The van der Waals surface area contributed by atoms with E-state index < -0.39 is 16.0 Å². The third-order valence-corrected chi connectivity index (χ3v) is 8.89. The molecular weight excluding hydrogens is 462 g/mol. The molecule has 0 aromatic heterocycles. The smallest absolute Gasteiger partial charge is 0.337 e. The van der Waals surface area contributed by atoms with Gasteiger partial charge >= 0.3 is 5.97 Å². The molecule has 2 saturated heterocycles. The van der Waals surface area contributed by atoms with Crippen molar-refractivity contribution in [3.63, 3.8) is 0 Å². The molecule has 2 heterocycles. The number of nitrogens with one attached hydrogen (secondary N) is 1. The topological polar surface area (TPSA) is 90.0 Å². The van der Waals surface area contributed by atoms with Crippen molar-refractivity contribution in [3.05, 3.63) is 53.1 Å². The number of aromatic carboxylic acids is 1. The summed E-state index contributed by atoms with van der Waals surface area (Å²) in [6.45, 7) is 8.83. The summed E-state index contributed by atoms with van der Waals surface area (Å²) in [5.74, 6) is -0.384. The number of hydrogen-bond donors (Lipinski definition) is 2. The molecule has 2 N–H and O–H groups in total. The monoisotopic (exact) mass is 499 g/mol. The van der Waals surface area contributed by atoms with Crippen LogP contribution in [0.3, 0.4) is 0 Å². The lowest BCUT2D eigenvalue weighted by Crippen LogP contribution is -2.37. The van der Waals surface area contributed by atoms with Gasteiger partial charge < -0.3 is 14.9 Å². The molecule has 0 amide bonds. The molecule has 190 valence electrons. The van der Waals surface area contributed by atoms with E-state index in [-0.39, 0.29) is 16.1 Å². The van der Waals surface area contributed by atoms with Gasteiger partial charge in [-0.3, -0.25) is 4.72 Å². The Morgan fingerprint density at radius 3 is 2.40 bits per heavy atom. The van der Waals surface area contributed by atoms with Gasteiger partial charge in [0.2, 0.25) is 0 Å². The molecule has 2 aromatic carbocycles. The average Bonchev–Trinajstić information content (AvgIpc) is 2.85. The second-order valence-corrected chi connectivity index (χ2v) is 11.7. The zero-order valence-corrected chi connectivity index (χ0v) is 21.6. The van der Waals surface area contributed by atoms with Crippen LogP contribution >= 0.6 is 0 Å². The van der Waals surface area contributed by atoms with Crippen LogP contribution in [0.25, 0.3) is 0 Å². The first kappa shape index (κ1) is 25.5. The molecule has 0 saturated carbocycles. The molecular formula is C27H37N3O4S. The summed E-state index contributed by atoms with van der Waals surface area (Å²) in [5, 5.41) is 9.89. The number of carboxylic acid groups (broad SMARTS) is 1. The SMILES string of the molecule is Cc1ccc(C)c(S(=O)(=O)Nc2ccc(N3CCC(CCN4CCCCC4)CC3)c(C(=O)O)c2)c1. The highest BCUT2D eigenvalue weighted by atomic mass is 32.2. The first-order valence-corrected chi connectivity index (χ1v) is 14.2. The predicted octanol–water partition coefficient (Wildman–Crippen LogP) is 4.89. The number of carbonyl (C=O) groups is 1. The highest BCUT2D eigenvalue weighted by molar-refractivity contribution is 7.92. The Hall–Kier alpha value is -2.58. The van der Waals surface area contributed by atoms with Gasteiger partial charge in [0.25, 0.3) is 10.0 Å². The molecule has 0 aliphatic carbocycles. The van der Waals surface area contributed by atoms with Gasteiger partial charge in [-0.15, -0.1) is 0 Å². The number of anilines is 2. The minimum Gasteiger partial charge on any atom is -0.478 e. The maximum Gasteiger partial charge on any atom is 0.337 e. The van der Waals surface area contributed by atoms with Crippen LogP contribution in [0.4, 0.5) is 11.4 Å². The second kappa shape index (κ2) is 11.0. The first-order chi connectivity index (χ1) is 16.7. The Morgan fingerprint density at radius 2 is 1.71 bits per heavy atom. The van der Waals surface area contributed by atoms with Crippen LogP contribution in [-0.2, 0) is 10.0 Å². The van der Waals surface area contributed by atoms with Gasteiger partial charge in [0.15, 0.2) is 0 Å². The fraction of sp³-hybridized carbons (Fsp3) is 0.519. The van der Waals surface area contributed by atoms with E-state index in [0.717, 1.165) is 31.5 Å². The highest BCUT2D eigenvalue weighted by Crippen LogP contribution is 2.31. The van der Waals surface area contributed by atoms with Gasteiger partial charge in [-0.25, -0.2) is 13.2 Å². The summed E-state index contributed by atoms with van der Waals surface area (Å²) in [5.41, 5.74) is 2.52. The van der Waals surface area contributed by atoms with Gasteiger partial charge in [0.1, 0.15) is 0 Å². The van der Waals surface area contributed by atoms with E-state index >= 15 is 0 Å². The van der Waals surface area contributed by atoms with Crippen LogP contribution in [0.2, 0.25) is 0 Å². The quantitative estimate of drug-likeness (QED) is 0.537. The second-order valence-electron chi connectivity index (χ2n) is 10.0. The van der Waals surface area contributed by atoms with E-state index in [1.54, 1.807) is 31.2 Å². The number of nitrogens with zero attached hydrogens (tertiary/aromatic N) is 2. The Balaban J connectivity index is 1.42. The molecule has 4 rings (SSSR count). The Kier molecular flexibility index (Phi) is 8.02. The number of sulfonamides is 1. The van der Waals surface area contributed by atoms with Crippen LogP contribution < -0.4 is 9.62 Å². The summed E-state index contributed by atoms with van der Waals surface area (Å²) in [7, 11) is -3.83. The van der Waals surface area contributed by atoms with Crippen molar-refractivity contribution in [2.24, 2.45) is 5.92 Å². The number of benzene rings is 2. The predicted molar refractivity (Wildman–Crippen MR) is 140 cm³/mol. The fourth-order valence-electron chi connectivity index (χ4n) is 5.26. The molecule has 35 heavy (non-hydrogen) atoms. The number of hydrogen-bond acceptors (Lipinski definition) is 5. The molecule has 8 heteroatoms. The largest absolute Gasteiger partial charge is 0.478 e. The minimum atomic E-state index is -3.83. The molecule has 0 unspecified atom stereocenters. The summed E-state index contributed by atoms with van der Waals surface area (Å²) in [6.07, 6.45) is 7.29. The van der Waals surface area contributed by atoms with Gasteiger partial charge in [0.05, 0.1) is 16.1 Å². The molecule has 0 spiro atoms. The van der Waals surface area contributed by atoms with Gasteiger partial charge in [-0.2, -0.15) is 0 Å². The first-order valence-electron chi connectivity index (χ1n) is 12.7. The van der Waals surface area contributed by atoms with Crippen molar-refractivity contribution in [1.29, 1.82) is 0 Å². The Labute approximate surface area is 209 Å². The molecule has 0 radical (unpaired) electrons. The Bertz CT molecular complexity index is 1150. The summed E-state index contributed by atoms with van der Waals surface area (Å²) >= 11 is 0. The molecule has 2 aliphatic heterocycles. The molecule has 0 bridgehead atoms. The number of piperidine rings is 2. The average molecular weight is 500 g/mol. The van der Waals surface area contributed by atoms with Gasteiger partial charge in [-0.05, 0) is 107 Å². The third kappa shape index (κ3) is 6.35. The summed E-state index contributed by atoms with van der Waals surface area (Å²) < 4.78 is 28.5. The van der Waals surface area contributed by atoms with E-state index in [1.807, 2.05) is 13.0 Å². The molecule has 2 aliphatic rings. The van der Waals surface area contributed by atoms with E-state index in [0.29, 0.717) is 17.2 Å². The van der Waals surface area contributed by atoms with Crippen molar-refractivity contribution in [2.45, 2.75) is 57.3 Å². The van der Waals surface area contributed by atoms with Crippen LogP contribution in [0.5, 0.6) is 0 Å². The van der Waals surface area contributed by atoms with Crippen LogP contribution in [-0.4, -0.2) is 57.1 Å². The molecule has 7 nitrogen and oxygen atoms in total. The molecule has 0 atom stereocenters. The summed E-state index contributed by atoms with van der Waals surface area (Å²) in [6, 6.07) is 10.1. The van der Waals surface area contributed by atoms with Crippen LogP contribution in [0, 0.1) is 19.8 Å². The Morgan fingerprint density at radius 1 is 1.00 bits per heavy atom. The minimum absolute atomic E-state index is 0.123. The van der Waals surface area contributed by atoms with E-state index in [4.69, 9.17) is 0 Å². The molecule has 2 fully saturated rings. The van der Waals surface area contributed by atoms with Crippen LogP contribution in [0.1, 0.15) is 60.0 Å². The van der Waals surface area contributed by atoms with Crippen molar-refractivity contribution in [3.8, 4) is 0 Å². The lowest BCUT2D eigenvalue weighted by molar-refractivity contribution is 0.0697. The molecule has 2 aromatic rings. The number of rotatable bonds is 8. The van der Waals surface area contributed by atoms with E-state index in [9.17, 15) is 18.3 Å². The lowest BCUT2D eigenvalue weighted by Gasteiger charge is -2.35. The maximum absolute atomic E-state index is 13.0. The zero-order valence-electron chi connectivity index (χ0n) is 20.8. The maximum atomic E-state index is 13.0. The van der Waals surface area contributed by atoms with E-state index in [2.05, 4.69) is 14.5 Å². The highest BCUT2D eigenvalue weighted by Gasteiger charge is 2.25. The third-order valence-electron chi connectivity index (χ3n) is 7.37. The number of carboxylic acids is 1. The van der Waals surface area contributed by atoms with Crippen molar-refractivity contribution in [1.82, 2.24) is 4.90 Å². The normalized spacial score (nSPS) is 17.9. The van der Waals surface area contributed by atoms with Crippen molar-refractivity contribution < 1.29 is 18.3 Å². The lowest BCUT2D eigenvalue weighted by atomic mass is 9.92. The standard InChI is InChI=1S/C27H37N3O4S/c1-20-6-7-21(2)26(18-20)35(33,34)28-23-8-9-25(24(19-23)27(31)32)30-16-11-22(12-17-30)10-15-29-13-4-3-5-14-29/h6-9,18-19,22,28H,3-5,10-17H2,1-2H3,(H,31,32). The fourth-order valence-corrected chi connectivity index (χ4v) is 6.64. The zero-order chi connectivity index (χ0) is 25.0. The van der Waals surface area contributed by atoms with E-state index in [1.165, 1.54) is 51.4 Å². The number of aryl methyl sites for hydroxylation is 2. The number of likely N-dealkylation sites (tertiary alicyclic amines) is 1.